The maximum Gasteiger partial charge on any atom is 0.416 e. The largest absolute Gasteiger partial charge is 0.439 e. The van der Waals surface area contributed by atoms with Gasteiger partial charge in [-0.25, -0.2) is 14.2 Å². The van der Waals surface area contributed by atoms with Gasteiger partial charge in [-0.2, -0.15) is 18.3 Å². The predicted octanol–water partition coefficient (Wildman–Crippen LogP) is 5.86. The summed E-state index contributed by atoms with van der Waals surface area (Å²) in [6, 6.07) is 10.8. The first-order valence-electron chi connectivity index (χ1n) is 12.0. The van der Waals surface area contributed by atoms with Crippen molar-refractivity contribution in [2.24, 2.45) is 7.05 Å². The molecule has 1 aliphatic heterocycles. The Hall–Kier alpha value is -4.94. The zero-order chi connectivity index (χ0) is 28.4. The highest BCUT2D eigenvalue weighted by atomic mass is 19.4. The van der Waals surface area contributed by atoms with Gasteiger partial charge >= 0.3 is 12.2 Å². The van der Waals surface area contributed by atoms with Crippen molar-refractivity contribution in [3.63, 3.8) is 0 Å². The van der Waals surface area contributed by atoms with Crippen LogP contribution < -0.4 is 20.3 Å². The van der Waals surface area contributed by atoms with Gasteiger partial charge < -0.3 is 20.3 Å². The Morgan fingerprint density at radius 1 is 1.07 bits per heavy atom. The van der Waals surface area contributed by atoms with Crippen molar-refractivity contribution in [3.8, 4) is 22.9 Å². The van der Waals surface area contributed by atoms with E-state index in [4.69, 9.17) is 4.74 Å². The Bertz CT molecular complexity index is 1590. The third-order valence-electron chi connectivity index (χ3n) is 6.03. The molecule has 0 spiro atoms. The highest BCUT2D eigenvalue weighted by Crippen LogP contribution is 2.35. The number of aromatic nitrogens is 3. The zero-order valence-electron chi connectivity index (χ0n) is 21.0. The van der Waals surface area contributed by atoms with Gasteiger partial charge in [0, 0.05) is 55.3 Å². The van der Waals surface area contributed by atoms with E-state index in [-0.39, 0.29) is 54.0 Å². The number of urea groups is 1. The number of hydrogen-bond donors (Lipinski definition) is 2. The number of nitrogens with zero attached hydrogens (tertiary/aromatic N) is 4. The first-order chi connectivity index (χ1) is 19.0. The van der Waals surface area contributed by atoms with Crippen molar-refractivity contribution in [2.45, 2.75) is 12.6 Å². The van der Waals surface area contributed by atoms with Gasteiger partial charge in [0.1, 0.15) is 11.6 Å². The van der Waals surface area contributed by atoms with Crippen LogP contribution in [0.2, 0.25) is 0 Å². The second-order valence-electron chi connectivity index (χ2n) is 9.06. The fraction of sp³-hybridized carbons (Fsp3) is 0.185. The van der Waals surface area contributed by atoms with E-state index in [0.717, 1.165) is 23.8 Å². The first kappa shape index (κ1) is 26.7. The topological polar surface area (TPSA) is 101 Å². The standard InChI is InChI=1S/C27H22F4N6O3/c1-36-14-16(13-32-36)23-3-2-4-25(34-23)40-21-5-6-22(28)24(12-21)35-26(39)33-18-9-17(27(29,30)31)10-19(11-18)37-8-7-20(38)15-37/h2-6,9-14H,7-8,15H2,1H3,(H2,33,35,39). The number of pyridine rings is 1. The number of ketones is 1. The summed E-state index contributed by atoms with van der Waals surface area (Å²) in [7, 11) is 1.77. The number of hydrogen-bond acceptors (Lipinski definition) is 6. The molecule has 9 nitrogen and oxygen atoms in total. The van der Waals surface area contributed by atoms with Crippen molar-refractivity contribution >= 4 is 28.9 Å². The van der Waals surface area contributed by atoms with Gasteiger partial charge in [-0.15, -0.1) is 0 Å². The zero-order valence-corrected chi connectivity index (χ0v) is 21.0. The van der Waals surface area contributed by atoms with Crippen LogP contribution in [0.25, 0.3) is 11.3 Å². The number of ether oxygens (including phenoxy) is 1. The number of nitrogens with one attached hydrogen (secondary N) is 2. The molecule has 2 amide bonds. The van der Waals surface area contributed by atoms with Gasteiger partial charge in [0.25, 0.3) is 0 Å². The minimum atomic E-state index is -4.69. The van der Waals surface area contributed by atoms with Crippen LogP contribution >= 0.6 is 0 Å². The lowest BCUT2D eigenvalue weighted by Gasteiger charge is -2.20. The molecular formula is C27H22F4N6O3. The average molecular weight is 555 g/mol. The molecule has 40 heavy (non-hydrogen) atoms. The van der Waals surface area contributed by atoms with Crippen LogP contribution in [0, 0.1) is 5.82 Å². The molecule has 0 atom stereocenters. The third-order valence-corrected chi connectivity index (χ3v) is 6.03. The molecule has 1 aliphatic rings. The Kier molecular flexibility index (Phi) is 7.11. The lowest BCUT2D eigenvalue weighted by atomic mass is 10.1. The number of alkyl halides is 3. The summed E-state index contributed by atoms with van der Waals surface area (Å²) >= 11 is 0. The minimum Gasteiger partial charge on any atom is -0.439 e. The summed E-state index contributed by atoms with van der Waals surface area (Å²) in [4.78, 5) is 30.2. The molecule has 13 heteroatoms. The second-order valence-corrected chi connectivity index (χ2v) is 9.06. The lowest BCUT2D eigenvalue weighted by Crippen LogP contribution is -2.23. The van der Waals surface area contributed by atoms with Crippen molar-refractivity contribution in [1.82, 2.24) is 14.8 Å². The molecule has 0 radical (unpaired) electrons. The molecule has 206 valence electrons. The number of carbonyl (C=O) groups is 2. The van der Waals surface area contributed by atoms with Crippen LogP contribution in [0.15, 0.2) is 67.0 Å². The number of rotatable bonds is 6. The first-order valence-corrected chi connectivity index (χ1v) is 12.0. The van der Waals surface area contributed by atoms with Gasteiger partial charge in [-0.05, 0) is 36.4 Å². The van der Waals surface area contributed by atoms with Crippen LogP contribution in [0.5, 0.6) is 11.6 Å². The highest BCUT2D eigenvalue weighted by molar-refractivity contribution is 6.00. The average Bonchev–Trinajstić information content (AvgIpc) is 3.54. The van der Waals surface area contributed by atoms with Gasteiger partial charge in [-0.1, -0.05) is 6.07 Å². The van der Waals surface area contributed by atoms with Crippen LogP contribution in [0.4, 0.5) is 39.4 Å². The van der Waals surface area contributed by atoms with Crippen molar-refractivity contribution in [2.75, 3.05) is 28.6 Å². The smallest absolute Gasteiger partial charge is 0.416 e. The lowest BCUT2D eigenvalue weighted by molar-refractivity contribution is -0.137. The molecule has 0 bridgehead atoms. The molecular weight excluding hydrogens is 532 g/mol. The van der Waals surface area contributed by atoms with E-state index in [0.29, 0.717) is 5.69 Å². The molecule has 0 unspecified atom stereocenters. The van der Waals surface area contributed by atoms with Crippen molar-refractivity contribution < 1.29 is 31.9 Å². The Morgan fingerprint density at radius 3 is 2.60 bits per heavy atom. The van der Waals surface area contributed by atoms with E-state index in [1.165, 1.54) is 23.1 Å². The Morgan fingerprint density at radius 2 is 1.90 bits per heavy atom. The maximum absolute atomic E-state index is 14.5. The molecule has 2 aromatic carbocycles. The van der Waals surface area contributed by atoms with E-state index in [1.54, 1.807) is 42.3 Å². The SMILES string of the molecule is Cn1cc(-c2cccc(Oc3ccc(F)c(NC(=O)Nc4cc(N5CCC(=O)C5)cc(C(F)(F)F)c4)c3)n2)cn1. The normalized spacial score (nSPS) is 13.4. The van der Waals surface area contributed by atoms with E-state index >= 15 is 0 Å². The molecule has 1 fully saturated rings. The summed E-state index contributed by atoms with van der Waals surface area (Å²) in [6.07, 6.45) is -1.04. The maximum atomic E-state index is 14.5. The van der Waals surface area contributed by atoms with Crippen molar-refractivity contribution in [3.05, 3.63) is 78.4 Å². The van der Waals surface area contributed by atoms with E-state index in [2.05, 4.69) is 20.7 Å². The summed E-state index contributed by atoms with van der Waals surface area (Å²) in [5, 5.41) is 8.71. The highest BCUT2D eigenvalue weighted by Gasteiger charge is 2.32. The van der Waals surface area contributed by atoms with Crippen LogP contribution in [-0.4, -0.2) is 39.7 Å². The van der Waals surface area contributed by atoms with E-state index in [9.17, 15) is 27.2 Å². The molecule has 0 aliphatic carbocycles. The molecule has 1 saturated heterocycles. The van der Waals surface area contributed by atoms with Crippen molar-refractivity contribution in [1.29, 1.82) is 0 Å². The van der Waals surface area contributed by atoms with Crippen LogP contribution in [0.3, 0.4) is 0 Å². The fourth-order valence-electron chi connectivity index (χ4n) is 4.14. The monoisotopic (exact) mass is 554 g/mol. The van der Waals surface area contributed by atoms with Gasteiger partial charge in [-0.3, -0.25) is 9.48 Å². The minimum absolute atomic E-state index is 0.0229. The number of Topliss-reactive ketones (excluding diaryl/α,β-unsaturated/α-hetero) is 1. The molecule has 0 saturated carbocycles. The summed E-state index contributed by atoms with van der Waals surface area (Å²) in [5.74, 6) is -0.519. The fourth-order valence-corrected chi connectivity index (χ4v) is 4.14. The third kappa shape index (κ3) is 6.20. The number of halogens is 4. The van der Waals surface area contributed by atoms with Gasteiger partial charge in [0.15, 0.2) is 5.78 Å². The molecule has 2 aromatic heterocycles. The quantitative estimate of drug-likeness (QED) is 0.290. The van der Waals surface area contributed by atoms with Gasteiger partial charge in [0.05, 0.1) is 29.7 Å². The number of carbonyl (C=O) groups excluding carboxylic acids is 2. The molecule has 2 N–H and O–H groups in total. The summed E-state index contributed by atoms with van der Waals surface area (Å²) in [5.41, 5.74) is 0.0619. The predicted molar refractivity (Wildman–Crippen MR) is 139 cm³/mol. The Balaban J connectivity index is 1.32. The summed E-state index contributed by atoms with van der Waals surface area (Å²) in [6.45, 7) is 0.245. The number of aryl methyl sites for hydroxylation is 1. The van der Waals surface area contributed by atoms with Crippen LogP contribution in [-0.2, 0) is 18.0 Å². The van der Waals surface area contributed by atoms with Gasteiger partial charge in [0.2, 0.25) is 5.88 Å². The van der Waals surface area contributed by atoms with Crippen LogP contribution in [0.1, 0.15) is 12.0 Å². The Labute approximate surface area is 225 Å². The number of benzene rings is 2. The molecule has 4 aromatic rings. The number of anilines is 3. The second kappa shape index (κ2) is 10.7. The van der Waals surface area contributed by atoms with E-state index in [1.807, 2.05) is 0 Å². The number of amides is 2. The van der Waals surface area contributed by atoms with E-state index < -0.39 is 23.6 Å². The molecule has 5 rings (SSSR count). The summed E-state index contributed by atoms with van der Waals surface area (Å²) < 4.78 is 62.4. The molecule has 3 heterocycles.